The van der Waals surface area contributed by atoms with Crippen molar-refractivity contribution < 1.29 is 28.2 Å². The number of amides is 4. The molecule has 2 aliphatic heterocycles. The maximum absolute atomic E-state index is 14.9. The molecular weight excluding hydrogens is 407 g/mol. The van der Waals surface area contributed by atoms with Crippen molar-refractivity contribution in [3.05, 3.63) is 29.6 Å². The normalized spacial score (nSPS) is 27.1. The van der Waals surface area contributed by atoms with E-state index in [0.717, 1.165) is 0 Å². The Morgan fingerprint density at radius 3 is 2.42 bits per heavy atom. The lowest BCUT2D eigenvalue weighted by Crippen LogP contribution is -2.42. The molecule has 2 saturated heterocycles. The number of likely N-dealkylation sites (N-methyl/N-ethyl adjacent to an activating group) is 1. The number of hydrogen-bond donors (Lipinski definition) is 1. The lowest BCUT2D eigenvalue weighted by Gasteiger charge is -2.27. The first-order chi connectivity index (χ1) is 14.5. The van der Waals surface area contributed by atoms with Crippen molar-refractivity contribution in [3.63, 3.8) is 0 Å². The fraction of sp³-hybridized carbons (Fsp3) is 0.571. The van der Waals surface area contributed by atoms with Crippen LogP contribution < -0.4 is 10.6 Å². The minimum Gasteiger partial charge on any atom is -0.444 e. The second-order valence-corrected chi connectivity index (χ2v) is 9.34. The number of halogens is 1. The molecule has 1 aromatic carbocycles. The molecule has 2 heterocycles. The van der Waals surface area contributed by atoms with Gasteiger partial charge < -0.3 is 20.1 Å². The highest BCUT2D eigenvalue weighted by atomic mass is 19.1. The zero-order chi connectivity index (χ0) is 22.7. The van der Waals surface area contributed by atoms with E-state index in [9.17, 15) is 18.8 Å². The fourth-order valence-electron chi connectivity index (χ4n) is 4.43. The van der Waals surface area contributed by atoms with Crippen LogP contribution in [-0.4, -0.2) is 66.5 Å². The van der Waals surface area contributed by atoms with Gasteiger partial charge in [-0.25, -0.2) is 18.8 Å². The van der Waals surface area contributed by atoms with Crippen LogP contribution in [0.2, 0.25) is 0 Å². The highest BCUT2D eigenvalue weighted by molar-refractivity contribution is 5.90. The van der Waals surface area contributed by atoms with Gasteiger partial charge in [-0.15, -0.1) is 0 Å². The van der Waals surface area contributed by atoms with E-state index in [1.807, 2.05) is 0 Å². The van der Waals surface area contributed by atoms with Gasteiger partial charge in [0, 0.05) is 20.1 Å². The number of benzene rings is 1. The molecule has 0 aromatic heterocycles. The van der Waals surface area contributed by atoms with Gasteiger partial charge in [-0.3, -0.25) is 9.80 Å². The zero-order valence-electron chi connectivity index (χ0n) is 18.0. The summed E-state index contributed by atoms with van der Waals surface area (Å²) in [6, 6.07) is 4.22. The van der Waals surface area contributed by atoms with Crippen LogP contribution in [-0.2, 0) is 9.47 Å². The highest BCUT2D eigenvalue weighted by Crippen LogP contribution is 2.58. The van der Waals surface area contributed by atoms with E-state index in [2.05, 4.69) is 0 Å². The minimum atomic E-state index is -0.840. The van der Waals surface area contributed by atoms with Crippen LogP contribution in [0.25, 0.3) is 0 Å². The largest absolute Gasteiger partial charge is 0.444 e. The summed E-state index contributed by atoms with van der Waals surface area (Å²) in [5, 5.41) is 0. The first-order valence-electron chi connectivity index (χ1n) is 10.2. The Morgan fingerprint density at radius 2 is 1.87 bits per heavy atom. The molecule has 4 rings (SSSR count). The summed E-state index contributed by atoms with van der Waals surface area (Å²) >= 11 is 0. The monoisotopic (exact) mass is 434 g/mol. The van der Waals surface area contributed by atoms with Gasteiger partial charge in [0.15, 0.2) is 6.23 Å². The number of piperidine rings is 1. The van der Waals surface area contributed by atoms with E-state index >= 15 is 0 Å². The van der Waals surface area contributed by atoms with Gasteiger partial charge in [-0.2, -0.15) is 0 Å². The smallest absolute Gasteiger partial charge is 0.416 e. The Balaban J connectivity index is 1.42. The quantitative estimate of drug-likeness (QED) is 0.788. The number of ether oxygens (including phenoxy) is 2. The molecule has 0 spiro atoms. The summed E-state index contributed by atoms with van der Waals surface area (Å²) in [4.78, 5) is 40.0. The van der Waals surface area contributed by atoms with Crippen molar-refractivity contribution in [3.8, 4) is 0 Å². The van der Waals surface area contributed by atoms with Crippen molar-refractivity contribution in [2.24, 2.45) is 17.6 Å². The van der Waals surface area contributed by atoms with Gasteiger partial charge in [0.1, 0.15) is 11.4 Å². The highest BCUT2D eigenvalue weighted by Gasteiger charge is 2.57. The van der Waals surface area contributed by atoms with Crippen molar-refractivity contribution >= 4 is 23.9 Å². The lowest BCUT2D eigenvalue weighted by molar-refractivity contribution is -0.00992. The van der Waals surface area contributed by atoms with Gasteiger partial charge in [0.2, 0.25) is 0 Å². The summed E-state index contributed by atoms with van der Waals surface area (Å²) in [7, 11) is 1.49. The molecule has 0 radical (unpaired) electrons. The molecule has 2 N–H and O–H groups in total. The number of urea groups is 1. The molecule has 3 fully saturated rings. The first kappa shape index (κ1) is 21.2. The molecule has 31 heavy (non-hydrogen) atoms. The first-order valence-corrected chi connectivity index (χ1v) is 10.2. The van der Waals surface area contributed by atoms with Crippen LogP contribution in [0.15, 0.2) is 18.2 Å². The van der Waals surface area contributed by atoms with Crippen molar-refractivity contribution in [2.75, 3.05) is 31.6 Å². The number of anilines is 1. The Labute approximate surface area is 179 Å². The molecule has 1 saturated carbocycles. The van der Waals surface area contributed by atoms with Crippen molar-refractivity contribution in [2.45, 2.75) is 38.5 Å². The molecule has 1 aromatic rings. The maximum atomic E-state index is 14.9. The fourth-order valence-corrected chi connectivity index (χ4v) is 4.43. The number of carbonyl (C=O) groups excluding carboxylic acids is 3. The van der Waals surface area contributed by atoms with E-state index < -0.39 is 35.9 Å². The Morgan fingerprint density at radius 1 is 1.23 bits per heavy atom. The number of primary amides is 1. The van der Waals surface area contributed by atoms with Crippen LogP contribution in [0.1, 0.15) is 32.3 Å². The van der Waals surface area contributed by atoms with Gasteiger partial charge >= 0.3 is 18.2 Å². The van der Waals surface area contributed by atoms with E-state index in [0.29, 0.717) is 24.3 Å². The number of likely N-dealkylation sites (tertiary alicyclic amines) is 1. The summed E-state index contributed by atoms with van der Waals surface area (Å²) < 4.78 is 25.5. The predicted molar refractivity (Wildman–Crippen MR) is 109 cm³/mol. The summed E-state index contributed by atoms with van der Waals surface area (Å²) in [6.45, 7) is 6.39. The van der Waals surface area contributed by atoms with Crippen LogP contribution >= 0.6 is 0 Å². The number of nitrogens with two attached hydrogens (primary N) is 1. The lowest BCUT2D eigenvalue weighted by atomic mass is 10.1. The van der Waals surface area contributed by atoms with Gasteiger partial charge in [0.05, 0.1) is 12.2 Å². The molecule has 4 atom stereocenters. The van der Waals surface area contributed by atoms with E-state index in [1.165, 1.54) is 22.9 Å². The molecular formula is C21H27FN4O5. The van der Waals surface area contributed by atoms with E-state index in [-0.39, 0.29) is 24.3 Å². The number of fused-ring (bicyclic) bond motifs is 1. The number of hydrogen-bond acceptors (Lipinski definition) is 5. The summed E-state index contributed by atoms with van der Waals surface area (Å²) in [5.74, 6) is 0.0911. The number of rotatable bonds is 3. The van der Waals surface area contributed by atoms with Crippen LogP contribution in [0.4, 0.5) is 24.5 Å². The molecule has 1 aliphatic carbocycles. The molecule has 1 unspecified atom stereocenters. The summed E-state index contributed by atoms with van der Waals surface area (Å²) in [5.41, 5.74) is 5.57. The average molecular weight is 434 g/mol. The minimum absolute atomic E-state index is 0.0567. The van der Waals surface area contributed by atoms with Crippen LogP contribution in [0.3, 0.4) is 0 Å². The molecule has 4 amide bonds. The van der Waals surface area contributed by atoms with E-state index in [4.69, 9.17) is 15.2 Å². The molecule has 3 aliphatic rings. The third kappa shape index (κ3) is 3.98. The number of cyclic esters (lactones) is 1. The average Bonchev–Trinajstić information content (AvgIpc) is 3.01. The van der Waals surface area contributed by atoms with Crippen LogP contribution in [0.5, 0.6) is 0 Å². The Kier molecular flexibility index (Phi) is 4.98. The molecule has 168 valence electrons. The molecule has 10 heteroatoms. The standard InChI is InChI=1S/C21H27FN4O5/c1-21(2,3)31-19(28)24(4)16-10-26(20(29)30-16)11-5-6-12(15(22)7-11)17-13-8-25(18(23)27)9-14(13)17/h5-7,13-14,16-17H,8-10H2,1-4H3,(H2,23,27)/t13-,14+,16-,17?/m0/s1. The second kappa shape index (κ2) is 7.28. The summed E-state index contributed by atoms with van der Waals surface area (Å²) in [6.07, 6.45) is -2.11. The topological polar surface area (TPSA) is 105 Å². The SMILES string of the molecule is CN(C(=O)OC(C)(C)C)[C@@H]1CN(c2ccc(C3[C@H]4CN(C(N)=O)C[C@@H]34)c(F)c2)C(=O)O1. The van der Waals surface area contributed by atoms with Crippen LogP contribution in [0, 0.1) is 17.7 Å². The second-order valence-electron chi connectivity index (χ2n) is 9.34. The van der Waals surface area contributed by atoms with Gasteiger partial charge in [-0.05, 0) is 56.2 Å². The van der Waals surface area contributed by atoms with Crippen molar-refractivity contribution in [1.29, 1.82) is 0 Å². The van der Waals surface area contributed by atoms with Crippen molar-refractivity contribution in [1.82, 2.24) is 9.80 Å². The third-order valence-corrected chi connectivity index (χ3v) is 6.07. The maximum Gasteiger partial charge on any atom is 0.416 e. The number of carbonyl (C=O) groups is 3. The molecule has 0 bridgehead atoms. The predicted octanol–water partition coefficient (Wildman–Crippen LogP) is 2.70. The Hall–Kier alpha value is -3.04. The number of nitrogens with zero attached hydrogens (tertiary/aromatic N) is 3. The van der Waals surface area contributed by atoms with E-state index in [1.54, 1.807) is 37.8 Å². The van der Waals surface area contributed by atoms with Gasteiger partial charge in [-0.1, -0.05) is 6.07 Å². The Bertz CT molecular complexity index is 921. The van der Waals surface area contributed by atoms with Gasteiger partial charge in [0.25, 0.3) is 0 Å². The third-order valence-electron chi connectivity index (χ3n) is 6.07. The molecule has 9 nitrogen and oxygen atoms in total. The zero-order valence-corrected chi connectivity index (χ0v) is 18.0.